The number of rotatable bonds is 7. The number of carbonyl (C=O) groups excluding carboxylic acids is 1. The molecular weight excluding hydrogens is 494 g/mol. The third kappa shape index (κ3) is 4.85. The van der Waals surface area contributed by atoms with Crippen LogP contribution < -0.4 is 9.73 Å². The molecule has 1 amide bonds. The Bertz CT molecular complexity index is 1590. The molecule has 0 fully saturated rings. The third-order valence-corrected chi connectivity index (χ3v) is 7.88. The van der Waals surface area contributed by atoms with Crippen LogP contribution >= 0.6 is 11.6 Å². The van der Waals surface area contributed by atoms with E-state index in [0.717, 1.165) is 30.0 Å². The van der Waals surface area contributed by atoms with Gasteiger partial charge in [0.15, 0.2) is 0 Å². The molecular formula is C28H24ClN3O3S. The van der Waals surface area contributed by atoms with Crippen LogP contribution in [0.4, 0.5) is 5.69 Å². The SMILES string of the molecule is CS(=O)(=O)N(Cc1ccccc1Cl)c1ccc(C(=O)N/N=C\c2ccc3c4c(cccc24)CC3)cc1. The van der Waals surface area contributed by atoms with Gasteiger partial charge in [-0.25, -0.2) is 13.8 Å². The van der Waals surface area contributed by atoms with E-state index in [1.807, 2.05) is 6.07 Å². The van der Waals surface area contributed by atoms with Gasteiger partial charge in [0.2, 0.25) is 10.0 Å². The Labute approximate surface area is 215 Å². The molecule has 0 unspecified atom stereocenters. The van der Waals surface area contributed by atoms with Gasteiger partial charge in [0.1, 0.15) is 0 Å². The summed E-state index contributed by atoms with van der Waals surface area (Å²) in [5.41, 5.74) is 7.68. The van der Waals surface area contributed by atoms with E-state index >= 15 is 0 Å². The molecule has 5 rings (SSSR count). The topological polar surface area (TPSA) is 78.8 Å². The molecule has 0 spiro atoms. The van der Waals surface area contributed by atoms with Gasteiger partial charge in [0.25, 0.3) is 5.91 Å². The molecule has 6 nitrogen and oxygen atoms in total. The lowest BCUT2D eigenvalue weighted by atomic mass is 10.0. The zero-order valence-corrected chi connectivity index (χ0v) is 21.2. The third-order valence-electron chi connectivity index (χ3n) is 6.37. The number of benzene rings is 4. The number of nitrogens with one attached hydrogen (secondary N) is 1. The second kappa shape index (κ2) is 9.76. The maximum Gasteiger partial charge on any atom is 0.271 e. The fourth-order valence-corrected chi connectivity index (χ4v) is 5.64. The average Bonchev–Trinajstić information content (AvgIpc) is 3.29. The van der Waals surface area contributed by atoms with Crippen LogP contribution in [0.3, 0.4) is 0 Å². The van der Waals surface area contributed by atoms with E-state index in [1.165, 1.54) is 20.8 Å². The summed E-state index contributed by atoms with van der Waals surface area (Å²) in [6.07, 6.45) is 4.90. The van der Waals surface area contributed by atoms with E-state index in [2.05, 4.69) is 34.8 Å². The molecule has 1 aliphatic rings. The minimum Gasteiger partial charge on any atom is -0.267 e. The largest absolute Gasteiger partial charge is 0.271 e. The Balaban J connectivity index is 1.31. The first-order valence-electron chi connectivity index (χ1n) is 11.5. The Kier molecular flexibility index (Phi) is 6.51. The van der Waals surface area contributed by atoms with Crippen molar-refractivity contribution in [2.45, 2.75) is 19.4 Å². The second-order valence-electron chi connectivity index (χ2n) is 8.76. The lowest BCUT2D eigenvalue weighted by molar-refractivity contribution is 0.0955. The normalized spacial score (nSPS) is 12.8. The smallest absolute Gasteiger partial charge is 0.267 e. The van der Waals surface area contributed by atoms with Gasteiger partial charge in [-0.1, -0.05) is 60.1 Å². The lowest BCUT2D eigenvalue weighted by Crippen LogP contribution is -2.29. The van der Waals surface area contributed by atoms with E-state index in [4.69, 9.17) is 11.6 Å². The van der Waals surface area contributed by atoms with E-state index in [0.29, 0.717) is 21.8 Å². The van der Waals surface area contributed by atoms with Crippen LogP contribution in [0, 0.1) is 0 Å². The summed E-state index contributed by atoms with van der Waals surface area (Å²) in [4.78, 5) is 12.7. The van der Waals surface area contributed by atoms with Crippen molar-refractivity contribution >= 4 is 50.2 Å². The molecule has 0 saturated heterocycles. The predicted molar refractivity (Wildman–Crippen MR) is 145 cm³/mol. The fraction of sp³-hybridized carbons (Fsp3) is 0.143. The van der Waals surface area contributed by atoms with Crippen LogP contribution in [0.5, 0.6) is 0 Å². The quantitative estimate of drug-likeness (QED) is 0.266. The van der Waals surface area contributed by atoms with Crippen molar-refractivity contribution in [2.75, 3.05) is 10.6 Å². The van der Waals surface area contributed by atoms with Crippen LogP contribution in [0.2, 0.25) is 5.02 Å². The number of amides is 1. The second-order valence-corrected chi connectivity index (χ2v) is 11.1. The molecule has 0 aliphatic heterocycles. The van der Waals surface area contributed by atoms with Crippen molar-refractivity contribution in [3.8, 4) is 0 Å². The van der Waals surface area contributed by atoms with Gasteiger partial charge < -0.3 is 0 Å². The minimum atomic E-state index is -3.58. The highest BCUT2D eigenvalue weighted by atomic mass is 35.5. The van der Waals surface area contributed by atoms with Crippen molar-refractivity contribution in [3.63, 3.8) is 0 Å². The summed E-state index contributed by atoms with van der Waals surface area (Å²) in [7, 11) is -3.58. The van der Waals surface area contributed by atoms with E-state index < -0.39 is 10.0 Å². The molecule has 0 heterocycles. The van der Waals surface area contributed by atoms with Crippen molar-refractivity contribution < 1.29 is 13.2 Å². The molecule has 1 N–H and O–H groups in total. The van der Waals surface area contributed by atoms with Crippen molar-refractivity contribution in [1.82, 2.24) is 5.43 Å². The number of aryl methyl sites for hydroxylation is 2. The van der Waals surface area contributed by atoms with Crippen molar-refractivity contribution in [3.05, 3.63) is 112 Å². The Morgan fingerprint density at radius 2 is 1.69 bits per heavy atom. The molecule has 0 radical (unpaired) electrons. The van der Waals surface area contributed by atoms with Gasteiger partial charge in [-0.05, 0) is 70.6 Å². The standard InChI is InChI=1S/C28H24ClN3O3S/c1-36(34,35)32(18-23-5-2-3-8-26(23)29)24-15-13-21(14-16-24)28(33)31-30-17-22-12-11-20-10-9-19-6-4-7-25(22)27(19)20/h2-8,11-17H,9-10,18H2,1H3,(H,31,33)/b30-17-. The maximum absolute atomic E-state index is 12.7. The number of hydrogen-bond donors (Lipinski definition) is 1. The number of carbonyl (C=O) groups is 1. The van der Waals surface area contributed by atoms with Crippen LogP contribution in [0.25, 0.3) is 10.8 Å². The highest BCUT2D eigenvalue weighted by Crippen LogP contribution is 2.32. The Morgan fingerprint density at radius 3 is 2.42 bits per heavy atom. The van der Waals surface area contributed by atoms with Crippen LogP contribution in [0.15, 0.2) is 84.0 Å². The number of halogens is 1. The number of nitrogens with zero attached hydrogens (tertiary/aromatic N) is 2. The minimum absolute atomic E-state index is 0.0861. The van der Waals surface area contributed by atoms with Gasteiger partial charge in [-0.15, -0.1) is 0 Å². The van der Waals surface area contributed by atoms with Gasteiger partial charge >= 0.3 is 0 Å². The van der Waals surface area contributed by atoms with E-state index in [-0.39, 0.29) is 12.5 Å². The van der Waals surface area contributed by atoms with Crippen molar-refractivity contribution in [1.29, 1.82) is 0 Å². The van der Waals surface area contributed by atoms with Crippen LogP contribution in [-0.4, -0.2) is 26.8 Å². The molecule has 36 heavy (non-hydrogen) atoms. The number of hydrogen-bond acceptors (Lipinski definition) is 4. The first-order valence-corrected chi connectivity index (χ1v) is 13.7. The summed E-state index contributed by atoms with van der Waals surface area (Å²) in [6, 6.07) is 23.9. The van der Waals surface area contributed by atoms with Crippen LogP contribution in [0.1, 0.15) is 32.6 Å². The zero-order chi connectivity index (χ0) is 25.3. The molecule has 1 aliphatic carbocycles. The van der Waals surface area contributed by atoms with Crippen molar-refractivity contribution in [2.24, 2.45) is 5.10 Å². The average molecular weight is 518 g/mol. The molecule has 0 atom stereocenters. The molecule has 0 aromatic heterocycles. The molecule has 182 valence electrons. The number of hydrazone groups is 1. The monoisotopic (exact) mass is 517 g/mol. The molecule has 0 saturated carbocycles. The van der Waals surface area contributed by atoms with E-state index in [9.17, 15) is 13.2 Å². The summed E-state index contributed by atoms with van der Waals surface area (Å²) in [5, 5.41) is 7.07. The van der Waals surface area contributed by atoms with Gasteiger partial charge in [-0.2, -0.15) is 5.10 Å². The number of anilines is 1. The highest BCUT2D eigenvalue weighted by Gasteiger charge is 2.20. The predicted octanol–water partition coefficient (Wildman–Crippen LogP) is 5.32. The zero-order valence-electron chi connectivity index (χ0n) is 19.6. The van der Waals surface area contributed by atoms with Crippen LogP contribution in [-0.2, 0) is 29.4 Å². The lowest BCUT2D eigenvalue weighted by Gasteiger charge is -2.23. The Morgan fingerprint density at radius 1 is 0.972 bits per heavy atom. The summed E-state index contributed by atoms with van der Waals surface area (Å²) < 4.78 is 26.2. The van der Waals surface area contributed by atoms with Gasteiger partial charge in [0, 0.05) is 16.1 Å². The molecule has 0 bridgehead atoms. The Hall–Kier alpha value is -3.68. The first-order chi connectivity index (χ1) is 17.3. The highest BCUT2D eigenvalue weighted by molar-refractivity contribution is 7.92. The summed E-state index contributed by atoms with van der Waals surface area (Å²) >= 11 is 6.23. The van der Waals surface area contributed by atoms with Gasteiger partial charge in [-0.3, -0.25) is 9.10 Å². The summed E-state index contributed by atoms with van der Waals surface area (Å²) in [6.45, 7) is 0.0861. The molecule has 4 aromatic carbocycles. The van der Waals surface area contributed by atoms with E-state index in [1.54, 1.807) is 54.7 Å². The molecule has 4 aromatic rings. The first kappa shape index (κ1) is 24.0. The number of sulfonamides is 1. The molecule has 8 heteroatoms. The maximum atomic E-state index is 12.7. The van der Waals surface area contributed by atoms with Gasteiger partial charge in [0.05, 0.1) is 24.7 Å². The summed E-state index contributed by atoms with van der Waals surface area (Å²) in [5.74, 6) is -0.388. The fourth-order valence-electron chi connectivity index (χ4n) is 4.57.